The summed E-state index contributed by atoms with van der Waals surface area (Å²) in [6, 6.07) is 7.29. The van der Waals surface area contributed by atoms with Gasteiger partial charge in [-0.05, 0) is 55.0 Å². The largest absolute Gasteiger partial charge is 0.438 e. The highest BCUT2D eigenvalue weighted by molar-refractivity contribution is 5.88. The number of H-pyrrole nitrogens is 1. The van der Waals surface area contributed by atoms with Gasteiger partial charge in [0.1, 0.15) is 0 Å². The van der Waals surface area contributed by atoms with E-state index in [1.807, 2.05) is 12.1 Å². The number of carbonyl (C=O) groups excluding carboxylic acids is 3. The Kier molecular flexibility index (Phi) is 10.4. The number of allylic oxidation sites excluding steroid dienone is 1. The number of amides is 2. The van der Waals surface area contributed by atoms with Gasteiger partial charge < -0.3 is 24.1 Å². The number of aromatic nitrogens is 3. The molecule has 10 nitrogen and oxygen atoms in total. The van der Waals surface area contributed by atoms with Gasteiger partial charge in [-0.1, -0.05) is 26.0 Å². The molecule has 1 N–H and O–H groups in total. The lowest BCUT2D eigenvalue weighted by Gasteiger charge is -2.19. The second-order valence-corrected chi connectivity index (χ2v) is 10.7. The molecule has 0 aliphatic heterocycles. The molecule has 2 amide bonds. The zero-order valence-corrected chi connectivity index (χ0v) is 24.1. The standard InChI is InChI=1S/C30H39N5O5/c1-20(2)16-21-13-14-31-24-18-23(32-28(21)24)19-35-15-9-10-22(29(35)38)17-25(36)26(40-30(39)34(5)6)11-7-8-12-27(37)33(3)4/h8-10,12-15,18,20,26,32H,7,11,16-17,19H2,1-6H3/b12-8+/t26-/m0/s1. The molecule has 40 heavy (non-hydrogen) atoms. The predicted molar refractivity (Wildman–Crippen MR) is 154 cm³/mol. The van der Waals surface area contributed by atoms with Crippen LogP contribution in [0, 0.1) is 5.92 Å². The van der Waals surface area contributed by atoms with Crippen molar-refractivity contribution in [1.82, 2.24) is 24.3 Å². The summed E-state index contributed by atoms with van der Waals surface area (Å²) in [5.74, 6) is -0.0722. The minimum Gasteiger partial charge on any atom is -0.438 e. The first-order valence-electron chi connectivity index (χ1n) is 13.4. The van der Waals surface area contributed by atoms with Crippen molar-refractivity contribution in [2.24, 2.45) is 5.92 Å². The molecule has 0 saturated carbocycles. The molecule has 1 atom stereocenters. The summed E-state index contributed by atoms with van der Waals surface area (Å²) < 4.78 is 6.97. The lowest BCUT2D eigenvalue weighted by molar-refractivity contribution is -0.127. The number of nitrogens with zero attached hydrogens (tertiary/aromatic N) is 4. The average Bonchev–Trinajstić information content (AvgIpc) is 3.31. The molecule has 0 spiro atoms. The number of carbonyl (C=O) groups is 3. The van der Waals surface area contributed by atoms with Gasteiger partial charge in [-0.15, -0.1) is 0 Å². The van der Waals surface area contributed by atoms with Crippen molar-refractivity contribution in [3.05, 3.63) is 76.0 Å². The number of pyridine rings is 2. The molecule has 3 rings (SSSR count). The van der Waals surface area contributed by atoms with Crippen LogP contribution in [0.4, 0.5) is 4.79 Å². The van der Waals surface area contributed by atoms with Gasteiger partial charge in [0.25, 0.3) is 5.56 Å². The Labute approximate surface area is 234 Å². The Morgan fingerprint density at radius 3 is 2.52 bits per heavy atom. The molecule has 3 aromatic rings. The van der Waals surface area contributed by atoms with Gasteiger partial charge in [0, 0.05) is 58.3 Å². The molecular weight excluding hydrogens is 510 g/mol. The summed E-state index contributed by atoms with van der Waals surface area (Å²) in [6.07, 6.45) is 6.10. The Bertz CT molecular complexity index is 1430. The maximum atomic E-state index is 13.3. The number of hydrogen-bond acceptors (Lipinski definition) is 6. The minimum absolute atomic E-state index is 0.181. The molecular formula is C30H39N5O5. The summed E-state index contributed by atoms with van der Waals surface area (Å²) in [7, 11) is 6.34. The van der Waals surface area contributed by atoms with Gasteiger partial charge in [-0.3, -0.25) is 19.4 Å². The van der Waals surface area contributed by atoms with Crippen molar-refractivity contribution in [2.45, 2.75) is 52.2 Å². The summed E-state index contributed by atoms with van der Waals surface area (Å²) in [6.45, 7) is 4.62. The monoisotopic (exact) mass is 549 g/mol. The number of rotatable bonds is 12. The molecule has 0 unspecified atom stereocenters. The number of fused-ring (bicyclic) bond motifs is 1. The van der Waals surface area contributed by atoms with E-state index in [-0.39, 0.29) is 30.1 Å². The van der Waals surface area contributed by atoms with Crippen LogP contribution in [0.15, 0.2) is 53.6 Å². The molecule has 0 bridgehead atoms. The van der Waals surface area contributed by atoms with Crippen LogP contribution in [0.5, 0.6) is 0 Å². The van der Waals surface area contributed by atoms with Crippen LogP contribution in [0.25, 0.3) is 11.0 Å². The van der Waals surface area contributed by atoms with E-state index in [0.717, 1.165) is 23.1 Å². The van der Waals surface area contributed by atoms with E-state index < -0.39 is 12.2 Å². The third kappa shape index (κ3) is 8.14. The lowest BCUT2D eigenvalue weighted by atomic mass is 10.0. The van der Waals surface area contributed by atoms with Gasteiger partial charge >= 0.3 is 6.09 Å². The predicted octanol–water partition coefficient (Wildman–Crippen LogP) is 3.57. The Morgan fingerprint density at radius 1 is 1.10 bits per heavy atom. The first-order valence-corrected chi connectivity index (χ1v) is 13.4. The smallest absolute Gasteiger partial charge is 0.409 e. The molecule has 3 heterocycles. The average molecular weight is 550 g/mol. The van der Waals surface area contributed by atoms with Crippen molar-refractivity contribution in [1.29, 1.82) is 0 Å². The quantitative estimate of drug-likeness (QED) is 0.345. The number of hydrogen-bond donors (Lipinski definition) is 1. The van der Waals surface area contributed by atoms with Crippen molar-refractivity contribution < 1.29 is 19.1 Å². The first-order chi connectivity index (χ1) is 19.0. The van der Waals surface area contributed by atoms with E-state index >= 15 is 0 Å². The zero-order chi connectivity index (χ0) is 29.4. The highest BCUT2D eigenvalue weighted by atomic mass is 16.6. The van der Waals surface area contributed by atoms with Crippen molar-refractivity contribution in [3.8, 4) is 0 Å². The van der Waals surface area contributed by atoms with Crippen molar-refractivity contribution in [2.75, 3.05) is 28.2 Å². The van der Waals surface area contributed by atoms with Crippen LogP contribution >= 0.6 is 0 Å². The fourth-order valence-electron chi connectivity index (χ4n) is 4.25. The number of nitrogens with one attached hydrogen (secondary N) is 1. The lowest BCUT2D eigenvalue weighted by Crippen LogP contribution is -2.35. The van der Waals surface area contributed by atoms with E-state index in [4.69, 9.17) is 4.74 Å². The number of aromatic amines is 1. The second kappa shape index (κ2) is 13.7. The van der Waals surface area contributed by atoms with Crippen LogP contribution < -0.4 is 5.56 Å². The van der Waals surface area contributed by atoms with E-state index in [2.05, 4.69) is 23.8 Å². The van der Waals surface area contributed by atoms with E-state index in [0.29, 0.717) is 24.4 Å². The summed E-state index contributed by atoms with van der Waals surface area (Å²) in [4.78, 5) is 61.1. The van der Waals surface area contributed by atoms with Crippen molar-refractivity contribution >= 4 is 28.8 Å². The molecule has 0 radical (unpaired) electrons. The summed E-state index contributed by atoms with van der Waals surface area (Å²) in [5, 5.41) is 0. The highest BCUT2D eigenvalue weighted by Crippen LogP contribution is 2.20. The van der Waals surface area contributed by atoms with Gasteiger partial charge in [0.15, 0.2) is 11.9 Å². The van der Waals surface area contributed by atoms with Crippen LogP contribution in [0.3, 0.4) is 0 Å². The third-order valence-corrected chi connectivity index (χ3v) is 6.36. The fraction of sp³-hybridized carbons (Fsp3) is 0.433. The molecule has 3 aromatic heterocycles. The summed E-state index contributed by atoms with van der Waals surface area (Å²) >= 11 is 0. The van der Waals surface area contributed by atoms with Crippen molar-refractivity contribution in [3.63, 3.8) is 0 Å². The maximum Gasteiger partial charge on any atom is 0.409 e. The number of ether oxygens (including phenoxy) is 1. The topological polar surface area (TPSA) is 118 Å². The minimum atomic E-state index is -1.05. The third-order valence-electron chi connectivity index (χ3n) is 6.36. The molecule has 0 aliphatic carbocycles. The first kappa shape index (κ1) is 30.3. The van der Waals surface area contributed by atoms with E-state index in [1.54, 1.807) is 49.3 Å². The Hall–Kier alpha value is -4.21. The summed E-state index contributed by atoms with van der Waals surface area (Å²) in [5.41, 5.74) is 3.85. The van der Waals surface area contributed by atoms with Crippen LogP contribution in [-0.2, 0) is 33.7 Å². The second-order valence-electron chi connectivity index (χ2n) is 10.7. The zero-order valence-electron chi connectivity index (χ0n) is 24.1. The molecule has 0 aromatic carbocycles. The molecule has 0 fully saturated rings. The molecule has 214 valence electrons. The molecule has 0 saturated heterocycles. The molecule has 0 aliphatic rings. The number of ketones is 1. The van der Waals surface area contributed by atoms with Crippen LogP contribution in [0.2, 0.25) is 0 Å². The normalized spacial score (nSPS) is 12.2. The Balaban J connectivity index is 1.77. The van der Waals surface area contributed by atoms with E-state index in [1.165, 1.54) is 35.5 Å². The number of likely N-dealkylation sites (N-methyl/N-ethyl adjacent to an activating group) is 1. The SMILES string of the molecule is CC(C)Cc1ccnc2cc(Cn3cccc(CC(=O)[C@H](CC/C=C/C(=O)N(C)C)OC(=O)N(C)C)c3=O)[nH]c12. The van der Waals surface area contributed by atoms with Crippen LogP contribution in [-0.4, -0.2) is 76.4 Å². The maximum absolute atomic E-state index is 13.3. The molecule has 10 heteroatoms. The van der Waals surface area contributed by atoms with Gasteiger partial charge in [-0.25, -0.2) is 4.79 Å². The van der Waals surface area contributed by atoms with Crippen LogP contribution in [0.1, 0.15) is 43.5 Å². The van der Waals surface area contributed by atoms with Gasteiger partial charge in [0.2, 0.25) is 5.91 Å². The van der Waals surface area contributed by atoms with E-state index in [9.17, 15) is 19.2 Å². The Morgan fingerprint density at radius 2 is 1.85 bits per heavy atom. The highest BCUT2D eigenvalue weighted by Gasteiger charge is 2.24. The number of Topliss-reactive ketones (excluding diaryl/α,β-unsaturated/α-hetero) is 1. The fourth-order valence-corrected chi connectivity index (χ4v) is 4.25. The van der Waals surface area contributed by atoms with Gasteiger partial charge in [0.05, 0.1) is 17.6 Å². The van der Waals surface area contributed by atoms with Gasteiger partial charge in [-0.2, -0.15) is 0 Å².